The van der Waals surface area contributed by atoms with Gasteiger partial charge in [0.2, 0.25) is 5.95 Å². The summed E-state index contributed by atoms with van der Waals surface area (Å²) in [6.45, 7) is 0. The zero-order valence-electron chi connectivity index (χ0n) is 26.3. The Morgan fingerprint density at radius 3 is 2.27 bits per heavy atom. The lowest BCUT2D eigenvalue weighted by Crippen LogP contribution is -2.29. The molecule has 48 heavy (non-hydrogen) atoms. The van der Waals surface area contributed by atoms with E-state index in [1.165, 1.54) is 59.4 Å². The van der Waals surface area contributed by atoms with Gasteiger partial charge >= 0.3 is 0 Å². The summed E-state index contributed by atoms with van der Waals surface area (Å²) >= 11 is 0. The van der Waals surface area contributed by atoms with E-state index in [0.717, 1.165) is 65.0 Å². The van der Waals surface area contributed by atoms with Crippen molar-refractivity contribution in [3.8, 4) is 17.1 Å². The molecule has 0 amide bonds. The Bertz CT molecular complexity index is 3010. The van der Waals surface area contributed by atoms with Crippen LogP contribution in [0.25, 0.3) is 95.3 Å². The van der Waals surface area contributed by atoms with Crippen molar-refractivity contribution in [2.24, 2.45) is 0 Å². The van der Waals surface area contributed by atoms with Crippen LogP contribution in [0.2, 0.25) is 0 Å². The molecule has 0 radical (unpaired) electrons. The molecule has 2 aliphatic rings. The zero-order chi connectivity index (χ0) is 31.3. The molecule has 9 aromatic rings. The summed E-state index contributed by atoms with van der Waals surface area (Å²) in [7, 11) is 0. The second-order valence-corrected chi connectivity index (χ2v) is 13.2. The minimum Gasteiger partial charge on any atom is -0.279 e. The number of benzene rings is 6. The standard InChI is InChI=1S/C44H30N4/c1-2-12-29-27(11-1)21-23-32-30-13-3-4-14-31(30)36(26-37(29)32)28-22-24-34-33-15-6-9-19-40(33)47(42(34)25-28)44-46-38-17-7-5-16-35(38)43-45-39-18-8-10-20-41(39)48(43)44/h1-2,6-15,17-26H,3-5,16H2. The lowest BCUT2D eigenvalue weighted by molar-refractivity contribution is 0.898. The fraction of sp³-hybridized carbons (Fsp3) is 0.0909. The van der Waals surface area contributed by atoms with Crippen molar-refractivity contribution in [2.45, 2.75) is 25.7 Å². The summed E-state index contributed by atoms with van der Waals surface area (Å²) in [6.07, 6.45) is 13.4. The van der Waals surface area contributed by atoms with E-state index < -0.39 is 0 Å². The molecule has 0 bridgehead atoms. The van der Waals surface area contributed by atoms with E-state index in [0.29, 0.717) is 0 Å². The second kappa shape index (κ2) is 9.76. The highest BCUT2D eigenvalue weighted by Gasteiger charge is 2.23. The van der Waals surface area contributed by atoms with Crippen molar-refractivity contribution in [1.29, 1.82) is 0 Å². The first-order valence-electron chi connectivity index (χ1n) is 17.0. The second-order valence-electron chi connectivity index (χ2n) is 13.2. The van der Waals surface area contributed by atoms with Gasteiger partial charge in [0.1, 0.15) is 5.65 Å². The lowest BCUT2D eigenvalue weighted by Gasteiger charge is -2.17. The number of hydrogen-bond acceptors (Lipinski definition) is 2. The van der Waals surface area contributed by atoms with Crippen molar-refractivity contribution in [2.75, 3.05) is 0 Å². The molecule has 0 fully saturated rings. The van der Waals surface area contributed by atoms with Gasteiger partial charge in [0.05, 0.1) is 27.8 Å². The molecule has 4 heteroatoms. The smallest absolute Gasteiger partial charge is 0.221 e. The molecule has 11 rings (SSSR count). The van der Waals surface area contributed by atoms with Crippen LogP contribution in [0.3, 0.4) is 0 Å². The van der Waals surface area contributed by atoms with Gasteiger partial charge in [-0.1, -0.05) is 97.1 Å². The van der Waals surface area contributed by atoms with E-state index in [4.69, 9.17) is 9.97 Å². The summed E-state index contributed by atoms with van der Waals surface area (Å²) in [6, 6.07) is 40.0. The van der Waals surface area contributed by atoms with Crippen molar-refractivity contribution in [3.63, 3.8) is 0 Å². The van der Waals surface area contributed by atoms with Crippen LogP contribution in [0.1, 0.15) is 30.5 Å². The molecule has 3 heterocycles. The Balaban J connectivity index is 1.27. The molecule has 226 valence electrons. The van der Waals surface area contributed by atoms with Crippen LogP contribution in [0.15, 0.2) is 115 Å². The predicted octanol–water partition coefficient (Wildman–Crippen LogP) is 9.27. The number of imidazole rings is 1. The van der Waals surface area contributed by atoms with E-state index in [1.54, 1.807) is 0 Å². The molecule has 3 aromatic heterocycles. The number of rotatable bonds is 2. The number of aryl methyl sites for hydroxylation is 1. The first-order valence-corrected chi connectivity index (χ1v) is 17.0. The Kier molecular flexibility index (Phi) is 5.31. The molecule has 0 aliphatic heterocycles. The van der Waals surface area contributed by atoms with Gasteiger partial charge in [0.25, 0.3) is 0 Å². The summed E-state index contributed by atoms with van der Waals surface area (Å²) in [5, 5.41) is 10.4. The molecule has 0 N–H and O–H groups in total. The number of para-hydroxylation sites is 3. The molecule has 0 spiro atoms. The Labute approximate surface area is 276 Å². The number of fused-ring (bicyclic) bond motifs is 13. The van der Waals surface area contributed by atoms with Gasteiger partial charge in [-0.3, -0.25) is 8.97 Å². The van der Waals surface area contributed by atoms with E-state index >= 15 is 0 Å². The molecule has 0 saturated heterocycles. The van der Waals surface area contributed by atoms with Crippen LogP contribution in [-0.2, 0) is 6.42 Å². The van der Waals surface area contributed by atoms with Crippen LogP contribution >= 0.6 is 0 Å². The highest BCUT2D eigenvalue weighted by Crippen LogP contribution is 2.37. The zero-order valence-corrected chi connectivity index (χ0v) is 26.3. The third kappa shape index (κ3) is 3.55. The average molecular weight is 615 g/mol. The first-order chi connectivity index (χ1) is 23.8. The molecule has 6 aromatic carbocycles. The van der Waals surface area contributed by atoms with Gasteiger partial charge in [-0.15, -0.1) is 0 Å². The maximum absolute atomic E-state index is 5.44. The summed E-state index contributed by atoms with van der Waals surface area (Å²) in [5.74, 6) is 0.874. The van der Waals surface area contributed by atoms with Gasteiger partial charge in [-0.2, -0.15) is 0 Å². The van der Waals surface area contributed by atoms with Crippen molar-refractivity contribution in [1.82, 2.24) is 18.9 Å². The molecular weight excluding hydrogens is 585 g/mol. The van der Waals surface area contributed by atoms with Crippen molar-refractivity contribution >= 4 is 78.3 Å². The number of aromatic nitrogens is 4. The molecule has 0 unspecified atom stereocenters. The van der Waals surface area contributed by atoms with Gasteiger partial charge in [-0.05, 0) is 105 Å². The lowest BCUT2D eigenvalue weighted by atomic mass is 9.91. The molecule has 0 atom stereocenters. The van der Waals surface area contributed by atoms with Crippen LogP contribution < -0.4 is 10.4 Å². The monoisotopic (exact) mass is 614 g/mol. The van der Waals surface area contributed by atoms with Crippen molar-refractivity contribution in [3.05, 3.63) is 137 Å². The largest absolute Gasteiger partial charge is 0.279 e. The third-order valence-electron chi connectivity index (χ3n) is 10.6. The highest BCUT2D eigenvalue weighted by atomic mass is 15.2. The summed E-state index contributed by atoms with van der Waals surface area (Å²) < 4.78 is 4.66. The number of hydrogen-bond donors (Lipinski definition) is 0. The SMILES string of the molecule is C1=Cc2nc(-n3c4ccccc4c4ccc(-c5cc6c(ccc7ccccc76)c6c5=CCCC=6)cc43)n3c(nc4ccccc43)c2CC1. The molecular formula is C44H30N4. The van der Waals surface area contributed by atoms with E-state index in [1.807, 2.05) is 0 Å². The van der Waals surface area contributed by atoms with Gasteiger partial charge in [0, 0.05) is 16.3 Å². The normalized spacial score (nSPS) is 14.2. The average Bonchev–Trinajstić information content (AvgIpc) is 3.70. The minimum absolute atomic E-state index is 0.874. The Morgan fingerprint density at radius 2 is 1.33 bits per heavy atom. The Morgan fingerprint density at radius 1 is 0.562 bits per heavy atom. The first kappa shape index (κ1) is 26.1. The molecule has 0 saturated carbocycles. The fourth-order valence-corrected chi connectivity index (χ4v) is 8.41. The van der Waals surface area contributed by atoms with Gasteiger partial charge < -0.3 is 0 Å². The van der Waals surface area contributed by atoms with Crippen LogP contribution in [0, 0.1) is 0 Å². The number of allylic oxidation sites excluding steroid dienone is 1. The number of nitrogens with zero attached hydrogens (tertiary/aromatic N) is 4. The highest BCUT2D eigenvalue weighted by molar-refractivity contribution is 6.12. The summed E-state index contributed by atoms with van der Waals surface area (Å²) in [4.78, 5) is 10.6. The maximum Gasteiger partial charge on any atom is 0.221 e. The van der Waals surface area contributed by atoms with Crippen LogP contribution in [0.4, 0.5) is 0 Å². The van der Waals surface area contributed by atoms with Crippen LogP contribution in [-0.4, -0.2) is 18.9 Å². The van der Waals surface area contributed by atoms with Crippen LogP contribution in [0.5, 0.6) is 0 Å². The maximum atomic E-state index is 5.44. The molecule has 4 nitrogen and oxygen atoms in total. The van der Waals surface area contributed by atoms with Gasteiger partial charge in [-0.25, -0.2) is 9.97 Å². The topological polar surface area (TPSA) is 35.1 Å². The third-order valence-corrected chi connectivity index (χ3v) is 10.6. The Hall–Kier alpha value is -6.00. The minimum atomic E-state index is 0.874. The quantitative estimate of drug-likeness (QED) is 0.182. The predicted molar refractivity (Wildman–Crippen MR) is 200 cm³/mol. The van der Waals surface area contributed by atoms with E-state index in [-0.39, 0.29) is 0 Å². The molecule has 2 aliphatic carbocycles. The summed E-state index contributed by atoms with van der Waals surface area (Å²) in [5.41, 5.74) is 10.1. The van der Waals surface area contributed by atoms with E-state index in [2.05, 4.69) is 142 Å². The van der Waals surface area contributed by atoms with E-state index in [9.17, 15) is 0 Å². The fourth-order valence-electron chi connectivity index (χ4n) is 8.41. The van der Waals surface area contributed by atoms with Gasteiger partial charge in [0.15, 0.2) is 0 Å². The van der Waals surface area contributed by atoms with Crippen molar-refractivity contribution < 1.29 is 0 Å².